The highest BCUT2D eigenvalue weighted by molar-refractivity contribution is 5.95. The third-order valence-electron chi connectivity index (χ3n) is 3.30. The third kappa shape index (κ3) is 6.48. The molecule has 1 aromatic carbocycles. The highest BCUT2D eigenvalue weighted by atomic mass is 16.2. The van der Waals surface area contributed by atoms with Crippen molar-refractivity contribution in [1.82, 2.24) is 10.2 Å². The first-order valence-electron chi connectivity index (χ1n) is 7.43. The summed E-state index contributed by atoms with van der Waals surface area (Å²) < 4.78 is 0. The fourth-order valence-corrected chi connectivity index (χ4v) is 1.74. The maximum absolute atomic E-state index is 11.9. The van der Waals surface area contributed by atoms with Gasteiger partial charge in [-0.1, -0.05) is 32.0 Å². The van der Waals surface area contributed by atoms with Gasteiger partial charge in [-0.3, -0.25) is 14.4 Å². The molecule has 0 spiro atoms. The van der Waals surface area contributed by atoms with E-state index in [1.807, 2.05) is 19.9 Å². The van der Waals surface area contributed by atoms with Crippen molar-refractivity contribution in [2.45, 2.75) is 19.9 Å². The molecule has 7 heteroatoms. The second-order valence-electron chi connectivity index (χ2n) is 5.65. The lowest BCUT2D eigenvalue weighted by molar-refractivity contribution is -0.134. The molecule has 0 radical (unpaired) electrons. The number of hydrogen-bond acceptors (Lipinski definition) is 4. The molecule has 0 aliphatic heterocycles. The molecule has 7 nitrogen and oxygen atoms in total. The van der Waals surface area contributed by atoms with E-state index in [9.17, 15) is 14.4 Å². The average Bonchev–Trinajstić information content (AvgIpc) is 2.51. The van der Waals surface area contributed by atoms with Gasteiger partial charge in [-0.05, 0) is 18.1 Å². The lowest BCUT2D eigenvalue weighted by Crippen LogP contribution is -2.48. The number of carbonyl (C=O) groups excluding carboxylic acids is 3. The first kappa shape index (κ1) is 18.6. The summed E-state index contributed by atoms with van der Waals surface area (Å²) >= 11 is 0. The standard InChI is InChI=1S/C16H24N4O3/c1-11(2)15(17)16(23)18-9-14(22)20(3)10-13(21)19-12-7-5-4-6-8-12/h4-8,11,15H,9-10,17H2,1-3H3,(H,18,23)(H,19,21)/t15-/m0/s1. The Bertz CT molecular complexity index is 546. The van der Waals surface area contributed by atoms with E-state index in [0.29, 0.717) is 5.69 Å². The first-order chi connectivity index (χ1) is 10.8. The Kier molecular flexibility index (Phi) is 7.21. The van der Waals surface area contributed by atoms with Crippen molar-refractivity contribution in [3.05, 3.63) is 30.3 Å². The van der Waals surface area contributed by atoms with Gasteiger partial charge in [0.25, 0.3) is 0 Å². The summed E-state index contributed by atoms with van der Waals surface area (Å²) in [5, 5.41) is 5.17. The van der Waals surface area contributed by atoms with Crippen LogP contribution in [0.15, 0.2) is 30.3 Å². The number of amides is 3. The molecule has 1 atom stereocenters. The largest absolute Gasteiger partial charge is 0.346 e. The van der Waals surface area contributed by atoms with Gasteiger partial charge >= 0.3 is 0 Å². The molecule has 126 valence electrons. The van der Waals surface area contributed by atoms with Crippen LogP contribution in [0.5, 0.6) is 0 Å². The van der Waals surface area contributed by atoms with E-state index in [0.717, 1.165) is 0 Å². The van der Waals surface area contributed by atoms with E-state index < -0.39 is 6.04 Å². The summed E-state index contributed by atoms with van der Waals surface area (Å²) in [7, 11) is 1.50. The quantitative estimate of drug-likeness (QED) is 0.666. The number of para-hydroxylation sites is 1. The number of rotatable bonds is 7. The number of nitrogens with zero attached hydrogens (tertiary/aromatic N) is 1. The molecule has 0 saturated carbocycles. The zero-order valence-electron chi connectivity index (χ0n) is 13.7. The van der Waals surface area contributed by atoms with Gasteiger partial charge in [-0.2, -0.15) is 0 Å². The van der Waals surface area contributed by atoms with E-state index in [1.165, 1.54) is 11.9 Å². The van der Waals surface area contributed by atoms with Crippen LogP contribution in [-0.2, 0) is 14.4 Å². The number of carbonyl (C=O) groups is 3. The van der Waals surface area contributed by atoms with Crippen LogP contribution in [0.1, 0.15) is 13.8 Å². The summed E-state index contributed by atoms with van der Waals surface area (Å²) in [5.74, 6) is -1.07. The molecule has 1 rings (SSSR count). The Morgan fingerprint density at radius 2 is 1.78 bits per heavy atom. The lowest BCUT2D eigenvalue weighted by Gasteiger charge is -2.19. The zero-order valence-corrected chi connectivity index (χ0v) is 13.7. The van der Waals surface area contributed by atoms with Gasteiger partial charge in [0.15, 0.2) is 0 Å². The molecule has 0 fully saturated rings. The van der Waals surface area contributed by atoms with Crippen molar-refractivity contribution < 1.29 is 14.4 Å². The second-order valence-corrected chi connectivity index (χ2v) is 5.65. The minimum absolute atomic E-state index is 0.0144. The van der Waals surface area contributed by atoms with E-state index in [4.69, 9.17) is 5.73 Å². The van der Waals surface area contributed by atoms with Gasteiger partial charge in [-0.25, -0.2) is 0 Å². The van der Waals surface area contributed by atoms with Crippen LogP contribution < -0.4 is 16.4 Å². The van der Waals surface area contributed by atoms with Crippen LogP contribution in [0.2, 0.25) is 0 Å². The topological polar surface area (TPSA) is 105 Å². The maximum atomic E-state index is 11.9. The summed E-state index contributed by atoms with van der Waals surface area (Å²) in [6.45, 7) is 3.37. The minimum atomic E-state index is -0.658. The van der Waals surface area contributed by atoms with Crippen molar-refractivity contribution in [3.8, 4) is 0 Å². The van der Waals surface area contributed by atoms with Gasteiger partial charge in [0.05, 0.1) is 19.1 Å². The highest BCUT2D eigenvalue weighted by Crippen LogP contribution is 2.04. The Labute approximate surface area is 136 Å². The van der Waals surface area contributed by atoms with Crippen LogP contribution in [0.3, 0.4) is 0 Å². The van der Waals surface area contributed by atoms with Crippen molar-refractivity contribution in [2.75, 3.05) is 25.5 Å². The normalized spacial score (nSPS) is 11.7. The van der Waals surface area contributed by atoms with Crippen molar-refractivity contribution >= 4 is 23.4 Å². The van der Waals surface area contributed by atoms with Crippen LogP contribution in [0.4, 0.5) is 5.69 Å². The van der Waals surface area contributed by atoms with E-state index >= 15 is 0 Å². The van der Waals surface area contributed by atoms with Crippen LogP contribution in [0.25, 0.3) is 0 Å². The summed E-state index contributed by atoms with van der Waals surface area (Å²) in [6.07, 6.45) is 0. The average molecular weight is 320 g/mol. The predicted octanol–water partition coefficient (Wildman–Crippen LogP) is 0.183. The molecule has 0 aromatic heterocycles. The second kappa shape index (κ2) is 8.89. The molecule has 3 amide bonds. The smallest absolute Gasteiger partial charge is 0.243 e. The molecular formula is C16H24N4O3. The monoisotopic (exact) mass is 320 g/mol. The highest BCUT2D eigenvalue weighted by Gasteiger charge is 2.19. The molecule has 0 bridgehead atoms. The van der Waals surface area contributed by atoms with Crippen LogP contribution >= 0.6 is 0 Å². The fraction of sp³-hybridized carbons (Fsp3) is 0.438. The summed E-state index contributed by atoms with van der Waals surface area (Å²) in [6, 6.07) is 8.31. The minimum Gasteiger partial charge on any atom is -0.346 e. The van der Waals surface area contributed by atoms with Crippen LogP contribution in [-0.4, -0.2) is 48.8 Å². The molecule has 0 aliphatic carbocycles. The third-order valence-corrected chi connectivity index (χ3v) is 3.30. The number of likely N-dealkylation sites (N-methyl/N-ethyl adjacent to an activating group) is 1. The molecule has 4 N–H and O–H groups in total. The number of nitrogens with two attached hydrogens (primary N) is 1. The van der Waals surface area contributed by atoms with Gasteiger partial charge in [0.2, 0.25) is 17.7 Å². The Balaban J connectivity index is 2.39. The lowest BCUT2D eigenvalue weighted by atomic mass is 10.1. The SMILES string of the molecule is CC(C)[C@H](N)C(=O)NCC(=O)N(C)CC(=O)Nc1ccccc1. The number of anilines is 1. The van der Waals surface area contributed by atoms with Gasteiger partial charge in [0, 0.05) is 12.7 Å². The molecular weight excluding hydrogens is 296 g/mol. The summed E-state index contributed by atoms with van der Waals surface area (Å²) in [4.78, 5) is 36.7. The van der Waals surface area contributed by atoms with Crippen molar-refractivity contribution in [2.24, 2.45) is 11.7 Å². The molecule has 0 aliphatic rings. The van der Waals surface area contributed by atoms with Gasteiger partial charge in [-0.15, -0.1) is 0 Å². The zero-order chi connectivity index (χ0) is 17.4. The Morgan fingerprint density at radius 3 is 2.35 bits per heavy atom. The Hall–Kier alpha value is -2.41. The van der Waals surface area contributed by atoms with Gasteiger partial charge < -0.3 is 21.3 Å². The molecule has 0 heterocycles. The first-order valence-corrected chi connectivity index (χ1v) is 7.43. The van der Waals surface area contributed by atoms with Crippen molar-refractivity contribution in [1.29, 1.82) is 0 Å². The van der Waals surface area contributed by atoms with E-state index in [-0.39, 0.29) is 36.7 Å². The number of benzene rings is 1. The fourth-order valence-electron chi connectivity index (χ4n) is 1.74. The molecule has 23 heavy (non-hydrogen) atoms. The molecule has 1 aromatic rings. The predicted molar refractivity (Wildman–Crippen MR) is 88.5 cm³/mol. The van der Waals surface area contributed by atoms with Crippen LogP contribution in [0, 0.1) is 5.92 Å². The van der Waals surface area contributed by atoms with Crippen molar-refractivity contribution in [3.63, 3.8) is 0 Å². The maximum Gasteiger partial charge on any atom is 0.243 e. The van der Waals surface area contributed by atoms with E-state index in [2.05, 4.69) is 10.6 Å². The summed E-state index contributed by atoms with van der Waals surface area (Å²) in [5.41, 5.74) is 6.35. The van der Waals surface area contributed by atoms with E-state index in [1.54, 1.807) is 24.3 Å². The number of hydrogen-bond donors (Lipinski definition) is 3. The van der Waals surface area contributed by atoms with Gasteiger partial charge in [0.1, 0.15) is 0 Å². The Morgan fingerprint density at radius 1 is 1.17 bits per heavy atom. The molecule has 0 saturated heterocycles. The molecule has 0 unspecified atom stereocenters. The number of nitrogens with one attached hydrogen (secondary N) is 2.